The number of amides is 1. The SMILES string of the molecule is CC(=Cc1cc2ccc(CCC(C)C)cc2o1)C(=O)c1c(O)cc(C(C)CC/C=C/NC(=O)O)oc1=O. The second-order valence-corrected chi connectivity index (χ2v) is 9.64. The molecule has 1 unspecified atom stereocenters. The third-order valence-corrected chi connectivity index (χ3v) is 6.08. The van der Waals surface area contributed by atoms with Gasteiger partial charge >= 0.3 is 11.7 Å². The van der Waals surface area contributed by atoms with E-state index < -0.39 is 28.8 Å². The van der Waals surface area contributed by atoms with Gasteiger partial charge in [0, 0.05) is 29.1 Å². The smallest absolute Gasteiger partial charge is 0.408 e. The zero-order chi connectivity index (χ0) is 27.1. The van der Waals surface area contributed by atoms with Crippen molar-refractivity contribution in [2.45, 2.75) is 59.3 Å². The Hall–Kier alpha value is -4.07. The molecule has 1 atom stereocenters. The van der Waals surface area contributed by atoms with E-state index in [0.717, 1.165) is 23.8 Å². The van der Waals surface area contributed by atoms with Crippen molar-refractivity contribution in [1.29, 1.82) is 0 Å². The molecule has 2 heterocycles. The minimum absolute atomic E-state index is 0.221. The molecule has 0 fully saturated rings. The quantitative estimate of drug-likeness (QED) is 0.196. The van der Waals surface area contributed by atoms with Crippen molar-refractivity contribution in [3.63, 3.8) is 0 Å². The summed E-state index contributed by atoms with van der Waals surface area (Å²) in [5.41, 5.74) is 0.786. The van der Waals surface area contributed by atoms with Gasteiger partial charge in [-0.2, -0.15) is 0 Å². The number of carboxylic acid groups (broad SMARTS) is 1. The maximum atomic E-state index is 13.0. The fraction of sp³-hybridized carbons (Fsp3) is 0.345. The van der Waals surface area contributed by atoms with Crippen LogP contribution in [0.2, 0.25) is 0 Å². The summed E-state index contributed by atoms with van der Waals surface area (Å²) in [5, 5.41) is 22.1. The number of carbonyl (C=O) groups excluding carboxylic acids is 1. The van der Waals surface area contributed by atoms with Crippen LogP contribution in [0.3, 0.4) is 0 Å². The van der Waals surface area contributed by atoms with Crippen LogP contribution in [0.25, 0.3) is 17.0 Å². The Morgan fingerprint density at radius 1 is 1.08 bits per heavy atom. The molecular formula is C29H33NO7. The molecule has 8 nitrogen and oxygen atoms in total. The van der Waals surface area contributed by atoms with Gasteiger partial charge in [0.15, 0.2) is 5.78 Å². The summed E-state index contributed by atoms with van der Waals surface area (Å²) in [6, 6.07) is 9.17. The molecule has 1 aromatic carbocycles. The second-order valence-electron chi connectivity index (χ2n) is 9.64. The summed E-state index contributed by atoms with van der Waals surface area (Å²) in [4.78, 5) is 36.1. The molecule has 8 heteroatoms. The first-order valence-corrected chi connectivity index (χ1v) is 12.3. The molecular weight excluding hydrogens is 474 g/mol. The lowest BCUT2D eigenvalue weighted by molar-refractivity contribution is 0.102. The highest BCUT2D eigenvalue weighted by molar-refractivity contribution is 6.12. The number of rotatable bonds is 11. The summed E-state index contributed by atoms with van der Waals surface area (Å²) in [5.74, 6) is -0.0115. The predicted molar refractivity (Wildman–Crippen MR) is 142 cm³/mol. The summed E-state index contributed by atoms with van der Waals surface area (Å²) in [6.07, 6.45) is 6.44. The Morgan fingerprint density at radius 2 is 1.84 bits per heavy atom. The van der Waals surface area contributed by atoms with Gasteiger partial charge in [-0.15, -0.1) is 0 Å². The van der Waals surface area contributed by atoms with Gasteiger partial charge in [-0.3, -0.25) is 10.1 Å². The van der Waals surface area contributed by atoms with Crippen molar-refractivity contribution >= 4 is 28.9 Å². The Bertz CT molecular complexity index is 1390. The molecule has 1 amide bonds. The van der Waals surface area contributed by atoms with E-state index in [-0.39, 0.29) is 17.3 Å². The number of hydrogen-bond acceptors (Lipinski definition) is 6. The highest BCUT2D eigenvalue weighted by atomic mass is 16.4. The molecule has 0 aliphatic rings. The zero-order valence-electron chi connectivity index (χ0n) is 21.5. The first kappa shape index (κ1) is 27.5. The molecule has 0 spiro atoms. The third kappa shape index (κ3) is 7.46. The number of fused-ring (bicyclic) bond motifs is 1. The van der Waals surface area contributed by atoms with E-state index in [1.807, 2.05) is 18.2 Å². The van der Waals surface area contributed by atoms with Gasteiger partial charge in [0.1, 0.15) is 28.4 Å². The highest BCUT2D eigenvalue weighted by Gasteiger charge is 2.22. The molecule has 2 aromatic heterocycles. The van der Waals surface area contributed by atoms with Gasteiger partial charge in [0.25, 0.3) is 0 Å². The first-order chi connectivity index (χ1) is 17.5. The Morgan fingerprint density at radius 3 is 2.51 bits per heavy atom. The van der Waals surface area contributed by atoms with E-state index in [2.05, 4.69) is 25.2 Å². The largest absolute Gasteiger partial charge is 0.507 e. The summed E-state index contributed by atoms with van der Waals surface area (Å²) >= 11 is 0. The lowest BCUT2D eigenvalue weighted by Gasteiger charge is -2.11. The van der Waals surface area contributed by atoms with Crippen molar-refractivity contribution in [3.8, 4) is 5.75 Å². The van der Waals surface area contributed by atoms with Crippen LogP contribution >= 0.6 is 0 Å². The number of nitrogens with one attached hydrogen (secondary N) is 1. The normalized spacial score (nSPS) is 12.9. The van der Waals surface area contributed by atoms with Gasteiger partial charge in [0.05, 0.1) is 0 Å². The van der Waals surface area contributed by atoms with E-state index in [0.29, 0.717) is 24.5 Å². The highest BCUT2D eigenvalue weighted by Crippen LogP contribution is 2.27. The topological polar surface area (TPSA) is 130 Å². The van der Waals surface area contributed by atoms with Crippen LogP contribution in [0.1, 0.15) is 80.3 Å². The maximum Gasteiger partial charge on any atom is 0.408 e. The molecule has 0 saturated carbocycles. The number of Topliss-reactive ketones (excluding diaryl/α,β-unsaturated/α-hetero) is 1. The van der Waals surface area contributed by atoms with Crippen LogP contribution in [0, 0.1) is 5.92 Å². The van der Waals surface area contributed by atoms with Gasteiger partial charge in [-0.25, -0.2) is 9.59 Å². The van der Waals surface area contributed by atoms with Crippen LogP contribution in [-0.2, 0) is 6.42 Å². The minimum Gasteiger partial charge on any atom is -0.507 e. The molecule has 0 aliphatic carbocycles. The lowest BCUT2D eigenvalue weighted by atomic mass is 9.99. The number of carbonyl (C=O) groups is 2. The lowest BCUT2D eigenvalue weighted by Crippen LogP contribution is -2.16. The predicted octanol–water partition coefficient (Wildman–Crippen LogP) is 6.63. The van der Waals surface area contributed by atoms with Crippen LogP contribution in [0.15, 0.2) is 61.8 Å². The minimum atomic E-state index is -1.16. The fourth-order valence-corrected chi connectivity index (χ4v) is 3.91. The molecule has 0 aliphatic heterocycles. The van der Waals surface area contributed by atoms with Crippen molar-refractivity contribution < 1.29 is 28.6 Å². The molecule has 37 heavy (non-hydrogen) atoms. The van der Waals surface area contributed by atoms with Gasteiger partial charge < -0.3 is 19.0 Å². The van der Waals surface area contributed by atoms with Crippen molar-refractivity contribution in [1.82, 2.24) is 5.32 Å². The molecule has 0 radical (unpaired) electrons. The van der Waals surface area contributed by atoms with Crippen molar-refractivity contribution in [2.24, 2.45) is 5.92 Å². The van der Waals surface area contributed by atoms with E-state index in [1.54, 1.807) is 26.0 Å². The number of aromatic hydroxyl groups is 1. The summed E-state index contributed by atoms with van der Waals surface area (Å²) in [7, 11) is 0. The van der Waals surface area contributed by atoms with Crippen LogP contribution in [-0.4, -0.2) is 22.1 Å². The number of aryl methyl sites for hydroxylation is 1. The number of benzene rings is 1. The second kappa shape index (κ2) is 12.3. The van der Waals surface area contributed by atoms with Crippen molar-refractivity contribution in [2.75, 3.05) is 0 Å². The summed E-state index contributed by atoms with van der Waals surface area (Å²) < 4.78 is 11.3. The third-order valence-electron chi connectivity index (χ3n) is 6.08. The average Bonchev–Trinajstić information content (AvgIpc) is 3.22. The Balaban J connectivity index is 1.75. The fourth-order valence-electron chi connectivity index (χ4n) is 3.91. The first-order valence-electron chi connectivity index (χ1n) is 12.3. The molecule has 196 valence electrons. The monoisotopic (exact) mass is 507 g/mol. The molecule has 3 N–H and O–H groups in total. The van der Waals surface area contributed by atoms with E-state index >= 15 is 0 Å². The molecule has 3 rings (SSSR count). The molecule has 3 aromatic rings. The average molecular weight is 508 g/mol. The van der Waals surface area contributed by atoms with Crippen LogP contribution in [0.5, 0.6) is 5.75 Å². The maximum absolute atomic E-state index is 13.0. The van der Waals surface area contributed by atoms with Crippen LogP contribution in [0.4, 0.5) is 4.79 Å². The van der Waals surface area contributed by atoms with Gasteiger partial charge in [0.2, 0.25) is 0 Å². The number of furan rings is 1. The number of ketones is 1. The Labute approximate surface area is 215 Å². The van der Waals surface area contributed by atoms with E-state index in [4.69, 9.17) is 13.9 Å². The number of allylic oxidation sites excluding steroid dienone is 2. The van der Waals surface area contributed by atoms with Gasteiger partial charge in [-0.1, -0.05) is 39.0 Å². The van der Waals surface area contributed by atoms with E-state index in [1.165, 1.54) is 17.8 Å². The Kier molecular flexibility index (Phi) is 9.11. The molecule has 0 saturated heterocycles. The number of hydrogen-bond donors (Lipinski definition) is 3. The van der Waals surface area contributed by atoms with Crippen molar-refractivity contribution in [3.05, 3.63) is 81.2 Å². The van der Waals surface area contributed by atoms with Gasteiger partial charge in [-0.05, 0) is 62.3 Å². The molecule has 0 bridgehead atoms. The van der Waals surface area contributed by atoms with Crippen LogP contribution < -0.4 is 10.9 Å². The standard InChI is InChI=1S/C29H33NO7/c1-17(2)8-9-20-10-11-21-15-22(36-25(21)14-20)13-19(4)27(32)26-23(31)16-24(37-28(26)33)18(3)7-5-6-12-30-29(34)35/h6,10-18,30-31H,5,7-9H2,1-4H3,(H,34,35)/b12-6+,19-13?. The summed E-state index contributed by atoms with van der Waals surface area (Å²) in [6.45, 7) is 7.72. The zero-order valence-corrected chi connectivity index (χ0v) is 21.5. The van der Waals surface area contributed by atoms with E-state index in [9.17, 15) is 19.5 Å².